The second-order valence-corrected chi connectivity index (χ2v) is 3.44. The first-order valence-corrected chi connectivity index (χ1v) is 4.53. The molecule has 1 aliphatic rings. The van der Waals surface area contributed by atoms with Gasteiger partial charge in [-0.2, -0.15) is 0 Å². The summed E-state index contributed by atoms with van der Waals surface area (Å²) in [6, 6.07) is 0. The van der Waals surface area contributed by atoms with Crippen LogP contribution < -0.4 is 0 Å². The molecule has 0 radical (unpaired) electrons. The van der Waals surface area contributed by atoms with E-state index in [9.17, 15) is 5.11 Å². The van der Waals surface area contributed by atoms with E-state index in [1.54, 1.807) is 0 Å². The van der Waals surface area contributed by atoms with Crippen LogP contribution in [0.15, 0.2) is 0 Å². The molecule has 2 heteroatoms. The molecule has 66 valence electrons. The molecule has 3 atom stereocenters. The summed E-state index contributed by atoms with van der Waals surface area (Å²) in [5.41, 5.74) is 0. The van der Waals surface area contributed by atoms with Crippen LogP contribution >= 0.6 is 0 Å². The van der Waals surface area contributed by atoms with E-state index in [-0.39, 0.29) is 6.10 Å². The van der Waals surface area contributed by atoms with E-state index in [4.69, 9.17) is 4.74 Å². The van der Waals surface area contributed by atoms with Gasteiger partial charge in [0.05, 0.1) is 12.2 Å². The van der Waals surface area contributed by atoms with Crippen molar-refractivity contribution in [1.82, 2.24) is 0 Å². The molecule has 0 amide bonds. The third-order valence-corrected chi connectivity index (χ3v) is 2.44. The van der Waals surface area contributed by atoms with Crippen molar-refractivity contribution < 1.29 is 9.84 Å². The monoisotopic (exact) mass is 158 g/mol. The number of hydrogen-bond donors (Lipinski definition) is 1. The number of rotatable bonds is 2. The normalized spacial score (nSPS) is 39.0. The Morgan fingerprint density at radius 2 is 2.18 bits per heavy atom. The van der Waals surface area contributed by atoms with E-state index in [0.717, 1.165) is 25.9 Å². The summed E-state index contributed by atoms with van der Waals surface area (Å²) in [7, 11) is 0. The predicted molar refractivity (Wildman–Crippen MR) is 44.4 cm³/mol. The van der Waals surface area contributed by atoms with Gasteiger partial charge < -0.3 is 9.84 Å². The van der Waals surface area contributed by atoms with Crippen molar-refractivity contribution in [3.8, 4) is 0 Å². The van der Waals surface area contributed by atoms with Crippen LogP contribution in [0.2, 0.25) is 0 Å². The van der Waals surface area contributed by atoms with E-state index in [2.05, 4.69) is 6.92 Å². The Kier molecular flexibility index (Phi) is 3.34. The molecule has 1 rings (SSSR count). The fourth-order valence-electron chi connectivity index (χ4n) is 1.80. The lowest BCUT2D eigenvalue weighted by molar-refractivity contribution is -0.0323. The van der Waals surface area contributed by atoms with Crippen molar-refractivity contribution in [3.63, 3.8) is 0 Å². The molecule has 0 aromatic rings. The molecule has 0 saturated heterocycles. The minimum absolute atomic E-state index is 0.0818. The van der Waals surface area contributed by atoms with E-state index in [1.165, 1.54) is 0 Å². The van der Waals surface area contributed by atoms with Crippen molar-refractivity contribution in [3.05, 3.63) is 0 Å². The minimum Gasteiger partial charge on any atom is -0.393 e. The zero-order valence-corrected chi connectivity index (χ0v) is 7.42. The molecule has 1 saturated carbocycles. The zero-order chi connectivity index (χ0) is 8.27. The molecule has 0 heterocycles. The Morgan fingerprint density at radius 3 is 2.73 bits per heavy atom. The van der Waals surface area contributed by atoms with Gasteiger partial charge in [-0.15, -0.1) is 0 Å². The summed E-state index contributed by atoms with van der Waals surface area (Å²) in [5, 5.41) is 9.31. The van der Waals surface area contributed by atoms with Crippen molar-refractivity contribution >= 4 is 0 Å². The molecule has 1 fully saturated rings. The van der Waals surface area contributed by atoms with Crippen molar-refractivity contribution in [2.75, 3.05) is 6.61 Å². The molecule has 1 aliphatic carbocycles. The first kappa shape index (κ1) is 9.01. The Balaban J connectivity index is 2.31. The van der Waals surface area contributed by atoms with Gasteiger partial charge in [-0.05, 0) is 32.1 Å². The van der Waals surface area contributed by atoms with Crippen molar-refractivity contribution in [2.24, 2.45) is 5.92 Å². The highest BCUT2D eigenvalue weighted by Crippen LogP contribution is 2.26. The van der Waals surface area contributed by atoms with Gasteiger partial charge in [0.2, 0.25) is 0 Å². The Labute approximate surface area is 68.6 Å². The summed E-state index contributed by atoms with van der Waals surface area (Å²) in [6.07, 6.45) is 3.15. The standard InChI is InChI=1S/C9H18O2/c1-3-11-9-5-4-8(10)6-7(9)2/h7-10H,3-6H2,1-2H3. The minimum atomic E-state index is -0.0818. The molecular weight excluding hydrogens is 140 g/mol. The van der Waals surface area contributed by atoms with Crippen LogP contribution in [0, 0.1) is 5.92 Å². The van der Waals surface area contributed by atoms with Crippen LogP contribution in [0.4, 0.5) is 0 Å². The fraction of sp³-hybridized carbons (Fsp3) is 1.00. The van der Waals surface area contributed by atoms with Crippen molar-refractivity contribution in [2.45, 2.75) is 45.3 Å². The number of aliphatic hydroxyl groups excluding tert-OH is 1. The van der Waals surface area contributed by atoms with E-state index in [1.807, 2.05) is 6.92 Å². The van der Waals surface area contributed by atoms with Gasteiger partial charge in [-0.3, -0.25) is 0 Å². The molecular formula is C9H18O2. The Morgan fingerprint density at radius 1 is 1.45 bits per heavy atom. The maximum Gasteiger partial charge on any atom is 0.0602 e. The highest BCUT2D eigenvalue weighted by molar-refractivity contribution is 4.77. The lowest BCUT2D eigenvalue weighted by atomic mass is 9.86. The number of hydrogen-bond acceptors (Lipinski definition) is 2. The van der Waals surface area contributed by atoms with Crippen molar-refractivity contribution in [1.29, 1.82) is 0 Å². The third-order valence-electron chi connectivity index (χ3n) is 2.44. The first-order chi connectivity index (χ1) is 5.24. The summed E-state index contributed by atoms with van der Waals surface area (Å²) in [4.78, 5) is 0. The highest BCUT2D eigenvalue weighted by Gasteiger charge is 2.26. The van der Waals surface area contributed by atoms with Crippen LogP contribution in [0.3, 0.4) is 0 Å². The molecule has 1 N–H and O–H groups in total. The maximum atomic E-state index is 9.31. The third kappa shape index (κ3) is 2.46. The number of ether oxygens (including phenoxy) is 1. The summed E-state index contributed by atoms with van der Waals surface area (Å²) in [6.45, 7) is 4.98. The quantitative estimate of drug-likeness (QED) is 0.661. The Bertz CT molecular complexity index is 114. The lowest BCUT2D eigenvalue weighted by Gasteiger charge is -2.31. The van der Waals surface area contributed by atoms with Crippen LogP contribution in [-0.2, 0) is 4.74 Å². The van der Waals surface area contributed by atoms with Gasteiger partial charge in [0.25, 0.3) is 0 Å². The van der Waals surface area contributed by atoms with E-state index < -0.39 is 0 Å². The molecule has 0 aromatic carbocycles. The molecule has 0 spiro atoms. The molecule has 2 nitrogen and oxygen atoms in total. The molecule has 0 aliphatic heterocycles. The lowest BCUT2D eigenvalue weighted by Crippen LogP contribution is -2.31. The van der Waals surface area contributed by atoms with E-state index >= 15 is 0 Å². The van der Waals surface area contributed by atoms with Crippen LogP contribution in [-0.4, -0.2) is 23.9 Å². The zero-order valence-electron chi connectivity index (χ0n) is 7.42. The van der Waals surface area contributed by atoms with Crippen LogP contribution in [0.25, 0.3) is 0 Å². The fourth-order valence-corrected chi connectivity index (χ4v) is 1.80. The molecule has 0 aromatic heterocycles. The second kappa shape index (κ2) is 4.07. The van der Waals surface area contributed by atoms with Crippen LogP contribution in [0.1, 0.15) is 33.1 Å². The first-order valence-electron chi connectivity index (χ1n) is 4.53. The summed E-state index contributed by atoms with van der Waals surface area (Å²) >= 11 is 0. The average Bonchev–Trinajstić information content (AvgIpc) is 1.95. The van der Waals surface area contributed by atoms with Crippen LogP contribution in [0.5, 0.6) is 0 Å². The van der Waals surface area contributed by atoms with Gasteiger partial charge in [0, 0.05) is 6.61 Å². The smallest absolute Gasteiger partial charge is 0.0602 e. The van der Waals surface area contributed by atoms with Gasteiger partial charge in [0.15, 0.2) is 0 Å². The average molecular weight is 158 g/mol. The summed E-state index contributed by atoms with van der Waals surface area (Å²) < 4.78 is 5.53. The highest BCUT2D eigenvalue weighted by atomic mass is 16.5. The Hall–Kier alpha value is -0.0800. The summed E-state index contributed by atoms with van der Waals surface area (Å²) in [5.74, 6) is 0.527. The largest absolute Gasteiger partial charge is 0.393 e. The molecule has 0 bridgehead atoms. The van der Waals surface area contributed by atoms with Gasteiger partial charge in [-0.1, -0.05) is 6.92 Å². The molecule has 11 heavy (non-hydrogen) atoms. The van der Waals surface area contributed by atoms with Gasteiger partial charge >= 0.3 is 0 Å². The van der Waals surface area contributed by atoms with E-state index in [0.29, 0.717) is 12.0 Å². The SMILES string of the molecule is CCOC1CCC(O)CC1C. The van der Waals surface area contributed by atoms with Gasteiger partial charge in [0.1, 0.15) is 0 Å². The second-order valence-electron chi connectivity index (χ2n) is 3.44. The topological polar surface area (TPSA) is 29.5 Å². The maximum absolute atomic E-state index is 9.31. The van der Waals surface area contributed by atoms with Gasteiger partial charge in [-0.25, -0.2) is 0 Å². The predicted octanol–water partition coefficient (Wildman–Crippen LogP) is 1.57. The molecule has 3 unspecified atom stereocenters. The number of aliphatic hydroxyl groups is 1.